The van der Waals surface area contributed by atoms with Gasteiger partial charge in [0.25, 0.3) is 0 Å². The second-order valence-electron chi connectivity index (χ2n) is 8.26. The summed E-state index contributed by atoms with van der Waals surface area (Å²) >= 11 is 0. The summed E-state index contributed by atoms with van der Waals surface area (Å²) in [4.78, 5) is 28.6. The Kier molecular flexibility index (Phi) is 8.60. The largest absolute Gasteiger partial charge is 0.377 e. The lowest BCUT2D eigenvalue weighted by molar-refractivity contribution is -0.135. The first-order chi connectivity index (χ1) is 12.5. The van der Waals surface area contributed by atoms with Crippen LogP contribution < -0.4 is 15.5 Å². The lowest BCUT2D eigenvalue weighted by atomic mass is 10.1. The molecule has 0 spiro atoms. The molecule has 0 fully saturated rings. The third-order valence-electron chi connectivity index (χ3n) is 3.99. The molecule has 0 heterocycles. The van der Waals surface area contributed by atoms with Crippen LogP contribution in [-0.4, -0.2) is 43.5 Å². The Labute approximate surface area is 164 Å². The number of hydrogen-bond acceptors (Lipinski definition) is 3. The Morgan fingerprint density at radius 2 is 1.67 bits per heavy atom. The normalized spacial score (nSPS) is 11.1. The van der Waals surface area contributed by atoms with E-state index in [-0.39, 0.29) is 23.9 Å². The smallest absolute Gasteiger partial charge is 0.319 e. The monoisotopic (exact) mass is 376 g/mol. The summed E-state index contributed by atoms with van der Waals surface area (Å²) in [7, 11) is 3.96. The highest BCUT2D eigenvalue weighted by atomic mass is 16.2. The molecule has 3 amide bonds. The molecular weight excluding hydrogens is 340 g/mol. The van der Waals surface area contributed by atoms with E-state index in [2.05, 4.69) is 24.5 Å². The number of nitrogens with zero attached hydrogens (tertiary/aromatic N) is 2. The van der Waals surface area contributed by atoms with Crippen LogP contribution in [0.3, 0.4) is 0 Å². The Morgan fingerprint density at radius 3 is 2.15 bits per heavy atom. The van der Waals surface area contributed by atoms with Crippen LogP contribution >= 0.6 is 0 Å². The van der Waals surface area contributed by atoms with E-state index in [0.717, 1.165) is 16.9 Å². The molecule has 0 aliphatic carbocycles. The molecule has 27 heavy (non-hydrogen) atoms. The molecule has 2 N–H and O–H groups in total. The fourth-order valence-electron chi connectivity index (χ4n) is 2.90. The molecule has 1 aromatic rings. The zero-order valence-electron chi connectivity index (χ0n) is 18.1. The van der Waals surface area contributed by atoms with E-state index in [1.165, 1.54) is 0 Å². The quantitative estimate of drug-likeness (QED) is 0.723. The lowest BCUT2D eigenvalue weighted by Crippen LogP contribution is -2.37. The lowest BCUT2D eigenvalue weighted by Gasteiger charge is -2.29. The van der Waals surface area contributed by atoms with Crippen LogP contribution in [0.2, 0.25) is 0 Å². The van der Waals surface area contributed by atoms with Crippen LogP contribution in [-0.2, 0) is 11.3 Å². The number of nitrogens with one attached hydrogen (secondary N) is 2. The van der Waals surface area contributed by atoms with Gasteiger partial charge in [0.15, 0.2) is 0 Å². The van der Waals surface area contributed by atoms with Crippen LogP contribution in [0.1, 0.15) is 47.1 Å². The standard InChI is InChI=1S/C21H36N4O2/c1-14(2)12-25(20(26)15(3)4)13-17-11-18(9-10-19(17)24(7)8)23-21(27)22-16(5)6/h9-11,14-16H,12-13H2,1-8H3,(H2,22,23,27). The van der Waals surface area contributed by atoms with Gasteiger partial charge in [-0.1, -0.05) is 27.7 Å². The maximum atomic E-state index is 12.7. The Hall–Kier alpha value is -2.24. The van der Waals surface area contributed by atoms with Gasteiger partial charge in [-0.15, -0.1) is 0 Å². The SMILES string of the molecule is CC(C)CN(Cc1cc(NC(=O)NC(C)C)ccc1N(C)C)C(=O)C(C)C. The summed E-state index contributed by atoms with van der Waals surface area (Å²) in [6, 6.07) is 5.65. The Balaban J connectivity index is 3.14. The Bertz CT molecular complexity index is 639. The van der Waals surface area contributed by atoms with E-state index >= 15 is 0 Å². The van der Waals surface area contributed by atoms with Crippen molar-refractivity contribution < 1.29 is 9.59 Å². The van der Waals surface area contributed by atoms with Gasteiger partial charge in [0.1, 0.15) is 0 Å². The third-order valence-corrected chi connectivity index (χ3v) is 3.99. The van der Waals surface area contributed by atoms with Crippen molar-refractivity contribution in [2.45, 2.75) is 54.1 Å². The zero-order chi connectivity index (χ0) is 20.7. The van der Waals surface area contributed by atoms with Crippen LogP contribution in [0, 0.1) is 11.8 Å². The zero-order valence-corrected chi connectivity index (χ0v) is 18.1. The van der Waals surface area contributed by atoms with Gasteiger partial charge >= 0.3 is 6.03 Å². The highest BCUT2D eigenvalue weighted by Crippen LogP contribution is 2.25. The molecule has 0 unspecified atom stereocenters. The first-order valence-corrected chi connectivity index (χ1v) is 9.67. The summed E-state index contributed by atoms with van der Waals surface area (Å²) in [5, 5.41) is 5.70. The minimum atomic E-state index is -0.231. The van der Waals surface area contributed by atoms with Gasteiger partial charge in [-0.3, -0.25) is 4.79 Å². The average Bonchev–Trinajstić information content (AvgIpc) is 2.51. The summed E-state index contributed by atoms with van der Waals surface area (Å²) in [5.41, 5.74) is 2.77. The van der Waals surface area contributed by atoms with E-state index in [1.54, 1.807) is 0 Å². The maximum Gasteiger partial charge on any atom is 0.319 e. The fraction of sp³-hybridized carbons (Fsp3) is 0.619. The number of anilines is 2. The van der Waals surface area contributed by atoms with E-state index in [9.17, 15) is 9.59 Å². The van der Waals surface area contributed by atoms with Gasteiger partial charge in [-0.25, -0.2) is 4.79 Å². The molecule has 0 saturated carbocycles. The second kappa shape index (κ2) is 10.2. The number of carbonyl (C=O) groups excluding carboxylic acids is 2. The van der Waals surface area contributed by atoms with Crippen molar-refractivity contribution in [3.05, 3.63) is 23.8 Å². The van der Waals surface area contributed by atoms with Crippen molar-refractivity contribution in [3.63, 3.8) is 0 Å². The molecule has 1 aromatic carbocycles. The number of rotatable bonds is 8. The molecule has 0 aromatic heterocycles. The van der Waals surface area contributed by atoms with Crippen molar-refractivity contribution in [2.24, 2.45) is 11.8 Å². The van der Waals surface area contributed by atoms with E-state index < -0.39 is 0 Å². The van der Waals surface area contributed by atoms with Gasteiger partial charge in [-0.05, 0) is 43.5 Å². The molecule has 6 heteroatoms. The Morgan fingerprint density at radius 1 is 1.04 bits per heavy atom. The van der Waals surface area contributed by atoms with E-state index in [1.807, 2.05) is 69.8 Å². The van der Waals surface area contributed by atoms with E-state index in [0.29, 0.717) is 19.0 Å². The first kappa shape index (κ1) is 22.8. The number of hydrogen-bond donors (Lipinski definition) is 2. The van der Waals surface area contributed by atoms with Gasteiger partial charge in [-0.2, -0.15) is 0 Å². The molecule has 0 bridgehead atoms. The van der Waals surface area contributed by atoms with Crippen LogP contribution in [0.5, 0.6) is 0 Å². The van der Waals surface area contributed by atoms with Gasteiger partial charge in [0.2, 0.25) is 5.91 Å². The molecule has 6 nitrogen and oxygen atoms in total. The maximum absolute atomic E-state index is 12.7. The third kappa shape index (κ3) is 7.49. The van der Waals surface area contributed by atoms with Gasteiger partial charge in [0.05, 0.1) is 0 Å². The number of benzene rings is 1. The van der Waals surface area contributed by atoms with Crippen molar-refractivity contribution in [2.75, 3.05) is 30.9 Å². The highest BCUT2D eigenvalue weighted by molar-refractivity contribution is 5.90. The number of carbonyl (C=O) groups is 2. The predicted octanol–water partition coefficient (Wildman–Crippen LogP) is 3.92. The summed E-state index contributed by atoms with van der Waals surface area (Å²) < 4.78 is 0. The molecule has 0 aliphatic heterocycles. The minimum Gasteiger partial charge on any atom is -0.377 e. The highest BCUT2D eigenvalue weighted by Gasteiger charge is 2.20. The van der Waals surface area contributed by atoms with Gasteiger partial charge < -0.3 is 20.4 Å². The minimum absolute atomic E-state index is 0.0512. The summed E-state index contributed by atoms with van der Waals surface area (Å²) in [5.74, 6) is 0.475. The molecular formula is C21H36N4O2. The summed E-state index contributed by atoms with van der Waals surface area (Å²) in [6.07, 6.45) is 0. The molecule has 0 atom stereocenters. The second-order valence-corrected chi connectivity index (χ2v) is 8.26. The van der Waals surface area contributed by atoms with Crippen LogP contribution in [0.4, 0.5) is 16.2 Å². The number of urea groups is 1. The average molecular weight is 377 g/mol. The van der Waals surface area contributed by atoms with Crippen LogP contribution in [0.25, 0.3) is 0 Å². The van der Waals surface area contributed by atoms with Crippen molar-refractivity contribution >= 4 is 23.3 Å². The molecule has 0 saturated heterocycles. The van der Waals surface area contributed by atoms with E-state index in [4.69, 9.17) is 0 Å². The number of amides is 3. The fourth-order valence-corrected chi connectivity index (χ4v) is 2.90. The van der Waals surface area contributed by atoms with Crippen molar-refractivity contribution in [3.8, 4) is 0 Å². The molecule has 0 aliphatic rings. The topological polar surface area (TPSA) is 64.7 Å². The first-order valence-electron chi connectivity index (χ1n) is 9.67. The van der Waals surface area contributed by atoms with Crippen molar-refractivity contribution in [1.82, 2.24) is 10.2 Å². The van der Waals surface area contributed by atoms with Crippen molar-refractivity contribution in [1.29, 1.82) is 0 Å². The molecule has 0 radical (unpaired) electrons. The molecule has 152 valence electrons. The molecule has 1 rings (SSSR count). The van der Waals surface area contributed by atoms with Gasteiger partial charge in [0, 0.05) is 50.5 Å². The predicted molar refractivity (Wildman–Crippen MR) is 113 cm³/mol. The van der Waals surface area contributed by atoms with Crippen LogP contribution in [0.15, 0.2) is 18.2 Å². The summed E-state index contributed by atoms with van der Waals surface area (Å²) in [6.45, 7) is 13.1.